The lowest BCUT2D eigenvalue weighted by molar-refractivity contribution is 0.161. The number of amides is 2. The molecule has 2 aromatic rings. The van der Waals surface area contributed by atoms with Gasteiger partial charge in [-0.1, -0.05) is 36.6 Å². The van der Waals surface area contributed by atoms with Crippen molar-refractivity contribution in [2.45, 2.75) is 57.0 Å². The Kier molecular flexibility index (Phi) is 4.86. The quantitative estimate of drug-likeness (QED) is 0.897. The van der Waals surface area contributed by atoms with Crippen LogP contribution in [-0.4, -0.2) is 45.1 Å². The van der Waals surface area contributed by atoms with Crippen LogP contribution in [0.5, 0.6) is 0 Å². The number of urea groups is 1. The molecule has 0 bridgehead atoms. The lowest BCUT2D eigenvalue weighted by Crippen LogP contribution is -2.49. The highest BCUT2D eigenvalue weighted by Crippen LogP contribution is 2.22. The first-order valence-corrected chi connectivity index (χ1v) is 9.62. The molecule has 1 N–H and O–H groups in total. The first-order valence-electron chi connectivity index (χ1n) is 9.62. The molecule has 0 unspecified atom stereocenters. The third-order valence-corrected chi connectivity index (χ3v) is 5.62. The van der Waals surface area contributed by atoms with E-state index in [4.69, 9.17) is 0 Å². The normalized spacial score (nSPS) is 19.6. The zero-order valence-electron chi connectivity index (χ0n) is 14.9. The van der Waals surface area contributed by atoms with Crippen molar-refractivity contribution in [3.8, 4) is 0 Å². The van der Waals surface area contributed by atoms with E-state index in [1.165, 1.54) is 23.9 Å². The van der Waals surface area contributed by atoms with E-state index in [2.05, 4.69) is 15.6 Å². The largest absolute Gasteiger partial charge is 0.335 e. The standard InChI is InChI=1S/C19H25N5O2/c25-18-16-8-4-5-9-17(16)21-22-24(18)15-10-12-23(13-11-15)19(26)20-14-6-2-1-3-7-14/h4-5,8-9,14-15H,1-3,6-7,10-13H2,(H,20,26). The second kappa shape index (κ2) is 7.43. The molecule has 1 aromatic heterocycles. The summed E-state index contributed by atoms with van der Waals surface area (Å²) in [5.74, 6) is 0. The maximum atomic E-state index is 12.7. The Morgan fingerprint density at radius 2 is 1.77 bits per heavy atom. The van der Waals surface area contributed by atoms with Gasteiger partial charge in [0.1, 0.15) is 5.52 Å². The average Bonchev–Trinajstić information content (AvgIpc) is 2.69. The van der Waals surface area contributed by atoms with E-state index >= 15 is 0 Å². The Labute approximate surface area is 152 Å². The summed E-state index contributed by atoms with van der Waals surface area (Å²) >= 11 is 0. The molecule has 1 saturated heterocycles. The van der Waals surface area contributed by atoms with Gasteiger partial charge in [-0.2, -0.15) is 0 Å². The summed E-state index contributed by atoms with van der Waals surface area (Å²) in [5, 5.41) is 12.1. The van der Waals surface area contributed by atoms with E-state index in [1.54, 1.807) is 12.1 Å². The number of carbonyl (C=O) groups is 1. The van der Waals surface area contributed by atoms with Crippen molar-refractivity contribution in [1.29, 1.82) is 0 Å². The van der Waals surface area contributed by atoms with Gasteiger partial charge in [0.15, 0.2) is 0 Å². The highest BCUT2D eigenvalue weighted by Gasteiger charge is 2.27. The van der Waals surface area contributed by atoms with E-state index in [-0.39, 0.29) is 17.6 Å². The van der Waals surface area contributed by atoms with Crippen molar-refractivity contribution in [1.82, 2.24) is 25.2 Å². The molecule has 1 aliphatic heterocycles. The van der Waals surface area contributed by atoms with E-state index in [0.717, 1.165) is 25.7 Å². The summed E-state index contributed by atoms with van der Waals surface area (Å²) in [5.41, 5.74) is 0.527. The van der Waals surface area contributed by atoms with Crippen LogP contribution in [0.4, 0.5) is 4.79 Å². The predicted octanol–water partition coefficient (Wildman–Crippen LogP) is 2.47. The number of carbonyl (C=O) groups excluding carboxylic acids is 1. The van der Waals surface area contributed by atoms with Crippen LogP contribution in [0.1, 0.15) is 51.0 Å². The number of benzene rings is 1. The Morgan fingerprint density at radius 3 is 2.54 bits per heavy atom. The summed E-state index contributed by atoms with van der Waals surface area (Å²) in [6, 6.07) is 7.63. The van der Waals surface area contributed by atoms with Gasteiger partial charge in [0.25, 0.3) is 5.56 Å². The van der Waals surface area contributed by atoms with Crippen molar-refractivity contribution >= 4 is 16.9 Å². The minimum Gasteiger partial charge on any atom is -0.335 e. The number of fused-ring (bicyclic) bond motifs is 1. The van der Waals surface area contributed by atoms with Crippen molar-refractivity contribution in [2.75, 3.05) is 13.1 Å². The first-order chi connectivity index (χ1) is 12.7. The van der Waals surface area contributed by atoms with Gasteiger partial charge in [-0.3, -0.25) is 4.79 Å². The van der Waals surface area contributed by atoms with Gasteiger partial charge in [0.2, 0.25) is 0 Å². The second-order valence-electron chi connectivity index (χ2n) is 7.36. The Morgan fingerprint density at radius 1 is 1.04 bits per heavy atom. The van der Waals surface area contributed by atoms with Gasteiger partial charge in [0.05, 0.1) is 11.4 Å². The summed E-state index contributed by atoms with van der Waals surface area (Å²) in [6.07, 6.45) is 7.32. The minimum atomic E-state index is -0.0966. The van der Waals surface area contributed by atoms with Gasteiger partial charge in [-0.25, -0.2) is 9.48 Å². The van der Waals surface area contributed by atoms with Crippen LogP contribution in [0.3, 0.4) is 0 Å². The van der Waals surface area contributed by atoms with Gasteiger partial charge in [-0.05, 0) is 37.8 Å². The van der Waals surface area contributed by atoms with Gasteiger partial charge >= 0.3 is 6.03 Å². The summed E-state index contributed by atoms with van der Waals surface area (Å²) in [7, 11) is 0. The zero-order valence-corrected chi connectivity index (χ0v) is 14.9. The molecule has 1 aliphatic carbocycles. The van der Waals surface area contributed by atoms with E-state index < -0.39 is 0 Å². The van der Waals surface area contributed by atoms with Gasteiger partial charge in [-0.15, -0.1) is 5.10 Å². The predicted molar refractivity (Wildman–Crippen MR) is 99.0 cm³/mol. The Balaban J connectivity index is 1.40. The van der Waals surface area contributed by atoms with E-state index in [0.29, 0.717) is 30.0 Å². The van der Waals surface area contributed by atoms with Crippen molar-refractivity contribution in [2.24, 2.45) is 0 Å². The highest BCUT2D eigenvalue weighted by atomic mass is 16.2. The number of rotatable bonds is 2. The van der Waals surface area contributed by atoms with Crippen LogP contribution in [0.25, 0.3) is 10.9 Å². The molecule has 7 heteroatoms. The van der Waals surface area contributed by atoms with Crippen molar-refractivity contribution in [3.63, 3.8) is 0 Å². The van der Waals surface area contributed by atoms with Gasteiger partial charge < -0.3 is 10.2 Å². The van der Waals surface area contributed by atoms with Crippen LogP contribution in [0, 0.1) is 0 Å². The molecule has 4 rings (SSSR count). The molecule has 0 atom stereocenters. The van der Waals surface area contributed by atoms with Crippen LogP contribution in [-0.2, 0) is 0 Å². The smallest absolute Gasteiger partial charge is 0.317 e. The molecule has 2 amide bonds. The molecule has 1 saturated carbocycles. The SMILES string of the molecule is O=C(NC1CCCCC1)N1CCC(n2nnc3ccccc3c2=O)CC1. The van der Waals surface area contributed by atoms with Crippen LogP contribution in [0.2, 0.25) is 0 Å². The number of hydrogen-bond donors (Lipinski definition) is 1. The second-order valence-corrected chi connectivity index (χ2v) is 7.36. The number of nitrogens with one attached hydrogen (secondary N) is 1. The summed E-state index contributed by atoms with van der Waals surface area (Å²) in [6.45, 7) is 1.29. The minimum absolute atomic E-state index is 0.00154. The molecule has 26 heavy (non-hydrogen) atoms. The fourth-order valence-corrected chi connectivity index (χ4v) is 4.07. The van der Waals surface area contributed by atoms with Crippen molar-refractivity contribution < 1.29 is 4.79 Å². The van der Waals surface area contributed by atoms with Crippen molar-refractivity contribution in [3.05, 3.63) is 34.6 Å². The number of hydrogen-bond acceptors (Lipinski definition) is 4. The maximum Gasteiger partial charge on any atom is 0.317 e. The molecular formula is C19H25N5O2. The van der Waals surface area contributed by atoms with Crippen LogP contribution in [0.15, 0.2) is 29.1 Å². The fraction of sp³-hybridized carbons (Fsp3) is 0.579. The van der Waals surface area contributed by atoms with Crippen LogP contribution < -0.4 is 10.9 Å². The number of piperidine rings is 1. The third-order valence-electron chi connectivity index (χ3n) is 5.62. The third kappa shape index (κ3) is 3.43. The molecule has 2 fully saturated rings. The molecule has 7 nitrogen and oxygen atoms in total. The monoisotopic (exact) mass is 355 g/mol. The van der Waals surface area contributed by atoms with Gasteiger partial charge in [0, 0.05) is 19.1 Å². The molecule has 2 heterocycles. The lowest BCUT2D eigenvalue weighted by atomic mass is 9.95. The number of nitrogens with zero attached hydrogens (tertiary/aromatic N) is 4. The molecule has 0 radical (unpaired) electrons. The van der Waals surface area contributed by atoms with Crippen LogP contribution >= 0.6 is 0 Å². The molecule has 138 valence electrons. The fourth-order valence-electron chi connectivity index (χ4n) is 4.07. The molecule has 2 aliphatic rings. The maximum absolute atomic E-state index is 12.7. The number of likely N-dealkylation sites (tertiary alicyclic amines) is 1. The Hall–Kier alpha value is -2.44. The molecule has 1 aromatic carbocycles. The molecule has 0 spiro atoms. The molecular weight excluding hydrogens is 330 g/mol. The highest BCUT2D eigenvalue weighted by molar-refractivity contribution is 5.76. The topological polar surface area (TPSA) is 80.1 Å². The summed E-state index contributed by atoms with van der Waals surface area (Å²) in [4.78, 5) is 27.0. The summed E-state index contributed by atoms with van der Waals surface area (Å²) < 4.78 is 1.50. The van der Waals surface area contributed by atoms with E-state index in [9.17, 15) is 9.59 Å². The van der Waals surface area contributed by atoms with E-state index in [1.807, 2.05) is 17.0 Å². The first kappa shape index (κ1) is 17.0. The zero-order chi connectivity index (χ0) is 17.9. The number of aromatic nitrogens is 3. The average molecular weight is 355 g/mol. The Bertz CT molecular complexity index is 835. The lowest BCUT2D eigenvalue weighted by Gasteiger charge is -2.33.